The minimum absolute atomic E-state index is 0.196. The van der Waals surface area contributed by atoms with Crippen LogP contribution >= 0.6 is 11.3 Å². The first-order chi connectivity index (χ1) is 16.0. The van der Waals surface area contributed by atoms with Crippen molar-refractivity contribution in [3.05, 3.63) is 48.4 Å². The number of nitrogens with zero attached hydrogens (tertiary/aromatic N) is 4. The number of aromatic nitrogens is 4. The molecule has 0 aromatic carbocycles. The van der Waals surface area contributed by atoms with Gasteiger partial charge in [0.1, 0.15) is 11.9 Å². The van der Waals surface area contributed by atoms with Crippen LogP contribution in [-0.4, -0.2) is 39.1 Å². The molecule has 8 heteroatoms. The zero-order chi connectivity index (χ0) is 22.7. The number of pyridine rings is 1. The van der Waals surface area contributed by atoms with E-state index >= 15 is 0 Å². The summed E-state index contributed by atoms with van der Waals surface area (Å²) in [4.78, 5) is 19.0. The molecular formula is C25H30N6OS. The monoisotopic (exact) mass is 462 g/mol. The SMILES string of the molecule is CC1(C)CCC(Oc2nccc(-c3cnc(Nc4ccc(C5=CCNCC5)cn4)s3)n2)CC1. The van der Waals surface area contributed by atoms with E-state index < -0.39 is 0 Å². The fourth-order valence-electron chi connectivity index (χ4n) is 4.28. The lowest BCUT2D eigenvalue weighted by molar-refractivity contribution is 0.0907. The lowest BCUT2D eigenvalue weighted by Gasteiger charge is -2.33. The molecule has 0 unspecified atom stereocenters. The Morgan fingerprint density at radius 1 is 1.09 bits per heavy atom. The molecule has 2 N–H and O–H groups in total. The average Bonchev–Trinajstić information content (AvgIpc) is 3.30. The van der Waals surface area contributed by atoms with Crippen molar-refractivity contribution in [1.82, 2.24) is 25.3 Å². The number of rotatable bonds is 6. The van der Waals surface area contributed by atoms with Crippen molar-refractivity contribution in [2.24, 2.45) is 5.41 Å². The molecule has 3 aromatic rings. The molecule has 172 valence electrons. The van der Waals surface area contributed by atoms with Crippen molar-refractivity contribution in [3.63, 3.8) is 0 Å². The Bertz CT molecular complexity index is 1110. The summed E-state index contributed by atoms with van der Waals surface area (Å²) >= 11 is 1.54. The highest BCUT2D eigenvalue weighted by atomic mass is 32.1. The molecule has 1 fully saturated rings. The Morgan fingerprint density at radius 2 is 1.97 bits per heavy atom. The Labute approximate surface area is 198 Å². The van der Waals surface area contributed by atoms with E-state index in [0.717, 1.165) is 53.9 Å². The quantitative estimate of drug-likeness (QED) is 0.503. The van der Waals surface area contributed by atoms with E-state index in [2.05, 4.69) is 56.6 Å². The first-order valence-electron chi connectivity index (χ1n) is 11.6. The Balaban J connectivity index is 1.22. The van der Waals surface area contributed by atoms with Gasteiger partial charge in [-0.1, -0.05) is 31.3 Å². The van der Waals surface area contributed by atoms with Gasteiger partial charge in [-0.15, -0.1) is 0 Å². The average molecular weight is 463 g/mol. The summed E-state index contributed by atoms with van der Waals surface area (Å²) in [7, 11) is 0. The van der Waals surface area contributed by atoms with E-state index in [-0.39, 0.29) is 6.10 Å². The molecule has 0 amide bonds. The predicted octanol–water partition coefficient (Wildman–Crippen LogP) is 5.46. The van der Waals surface area contributed by atoms with Gasteiger partial charge in [0.25, 0.3) is 0 Å². The maximum absolute atomic E-state index is 6.10. The molecule has 4 heterocycles. The van der Waals surface area contributed by atoms with Crippen LogP contribution in [0.2, 0.25) is 0 Å². The highest BCUT2D eigenvalue weighted by molar-refractivity contribution is 7.18. The Hall–Kier alpha value is -2.84. The molecule has 0 radical (unpaired) electrons. The highest BCUT2D eigenvalue weighted by Crippen LogP contribution is 2.36. The van der Waals surface area contributed by atoms with E-state index in [9.17, 15) is 0 Å². The van der Waals surface area contributed by atoms with Gasteiger partial charge in [-0.3, -0.25) is 0 Å². The molecule has 0 atom stereocenters. The van der Waals surface area contributed by atoms with E-state index in [1.807, 2.05) is 24.5 Å². The molecule has 33 heavy (non-hydrogen) atoms. The highest BCUT2D eigenvalue weighted by Gasteiger charge is 2.28. The Kier molecular flexibility index (Phi) is 6.37. The Morgan fingerprint density at radius 3 is 2.73 bits per heavy atom. The van der Waals surface area contributed by atoms with E-state index in [1.165, 1.54) is 35.3 Å². The first kappa shape index (κ1) is 22.0. The molecule has 1 saturated carbocycles. The van der Waals surface area contributed by atoms with Crippen molar-refractivity contribution in [2.75, 3.05) is 18.4 Å². The van der Waals surface area contributed by atoms with Gasteiger partial charge < -0.3 is 15.4 Å². The summed E-state index contributed by atoms with van der Waals surface area (Å²) in [6.07, 6.45) is 13.4. The number of hydrogen-bond donors (Lipinski definition) is 2. The normalized spacial score (nSPS) is 18.5. The van der Waals surface area contributed by atoms with Crippen LogP contribution in [0.4, 0.5) is 10.9 Å². The van der Waals surface area contributed by atoms with Crippen molar-refractivity contribution in [2.45, 2.75) is 52.1 Å². The van der Waals surface area contributed by atoms with Crippen LogP contribution in [0.5, 0.6) is 6.01 Å². The molecule has 0 spiro atoms. The number of thiazole rings is 1. The van der Waals surface area contributed by atoms with Crippen molar-refractivity contribution in [3.8, 4) is 16.6 Å². The van der Waals surface area contributed by atoms with Gasteiger partial charge in [-0.25, -0.2) is 15.0 Å². The summed E-state index contributed by atoms with van der Waals surface area (Å²) in [6.45, 7) is 6.59. The second kappa shape index (κ2) is 9.57. The van der Waals surface area contributed by atoms with Crippen LogP contribution in [0.1, 0.15) is 51.5 Å². The van der Waals surface area contributed by atoms with Crippen LogP contribution in [0.15, 0.2) is 42.9 Å². The summed E-state index contributed by atoms with van der Waals surface area (Å²) in [6, 6.07) is 6.46. The van der Waals surface area contributed by atoms with Crippen molar-refractivity contribution in [1.29, 1.82) is 0 Å². The summed E-state index contributed by atoms with van der Waals surface area (Å²) in [5.74, 6) is 0.779. The van der Waals surface area contributed by atoms with E-state index in [4.69, 9.17) is 4.74 Å². The second-order valence-electron chi connectivity index (χ2n) is 9.48. The lowest BCUT2D eigenvalue weighted by Crippen LogP contribution is -2.28. The van der Waals surface area contributed by atoms with Crippen LogP contribution < -0.4 is 15.4 Å². The number of anilines is 2. The molecule has 0 bridgehead atoms. The van der Waals surface area contributed by atoms with Gasteiger partial charge in [0.2, 0.25) is 0 Å². The molecule has 3 aromatic heterocycles. The largest absolute Gasteiger partial charge is 0.460 e. The molecule has 5 rings (SSSR count). The van der Waals surface area contributed by atoms with Crippen LogP contribution in [0, 0.1) is 5.41 Å². The fourth-order valence-corrected chi connectivity index (χ4v) is 5.07. The maximum atomic E-state index is 6.10. The maximum Gasteiger partial charge on any atom is 0.317 e. The summed E-state index contributed by atoms with van der Waals surface area (Å²) < 4.78 is 6.10. The molecular weight excluding hydrogens is 432 g/mol. The predicted molar refractivity (Wildman–Crippen MR) is 133 cm³/mol. The number of hydrogen-bond acceptors (Lipinski definition) is 8. The van der Waals surface area contributed by atoms with E-state index in [0.29, 0.717) is 11.4 Å². The standard InChI is InChI=1S/C25H30N6OS/c1-25(2)10-5-19(6-11-25)32-23-27-14-9-20(30-23)21-16-29-24(33-21)31-22-4-3-18(15-28-22)17-7-12-26-13-8-17/h3-4,7,9,14-16,19,26H,5-6,8,10-13H2,1-2H3,(H,28,29,31). The summed E-state index contributed by atoms with van der Waals surface area (Å²) in [5, 5.41) is 7.42. The van der Waals surface area contributed by atoms with Crippen LogP contribution in [0.25, 0.3) is 16.1 Å². The van der Waals surface area contributed by atoms with Crippen LogP contribution in [-0.2, 0) is 0 Å². The third-order valence-corrected chi connectivity index (χ3v) is 7.32. The number of ether oxygens (including phenoxy) is 1. The minimum atomic E-state index is 0.196. The zero-order valence-electron chi connectivity index (χ0n) is 19.2. The third-order valence-electron chi connectivity index (χ3n) is 6.38. The molecule has 1 aliphatic carbocycles. The smallest absolute Gasteiger partial charge is 0.317 e. The van der Waals surface area contributed by atoms with Gasteiger partial charge in [-0.2, -0.15) is 4.98 Å². The molecule has 2 aliphatic rings. The van der Waals surface area contributed by atoms with E-state index in [1.54, 1.807) is 6.20 Å². The van der Waals surface area contributed by atoms with Gasteiger partial charge >= 0.3 is 6.01 Å². The van der Waals surface area contributed by atoms with Gasteiger partial charge in [0.05, 0.1) is 10.6 Å². The van der Waals surface area contributed by atoms with Crippen LogP contribution in [0.3, 0.4) is 0 Å². The topological polar surface area (TPSA) is 84.9 Å². The van der Waals surface area contributed by atoms with Crippen molar-refractivity contribution < 1.29 is 4.74 Å². The molecule has 7 nitrogen and oxygen atoms in total. The first-order valence-corrected chi connectivity index (χ1v) is 12.4. The van der Waals surface area contributed by atoms with Crippen molar-refractivity contribution >= 4 is 27.9 Å². The molecule has 0 saturated heterocycles. The second-order valence-corrected chi connectivity index (χ2v) is 10.5. The fraction of sp³-hybridized carbons (Fsp3) is 0.440. The van der Waals surface area contributed by atoms with Gasteiger partial charge in [0.15, 0.2) is 5.13 Å². The minimum Gasteiger partial charge on any atom is -0.460 e. The lowest BCUT2D eigenvalue weighted by atomic mass is 9.76. The third kappa shape index (κ3) is 5.57. The number of nitrogens with one attached hydrogen (secondary N) is 2. The zero-order valence-corrected chi connectivity index (χ0v) is 20.0. The molecule has 1 aliphatic heterocycles. The summed E-state index contributed by atoms with van der Waals surface area (Å²) in [5.41, 5.74) is 3.76. The van der Waals surface area contributed by atoms with Gasteiger partial charge in [-0.05, 0) is 73.4 Å². The van der Waals surface area contributed by atoms with Gasteiger partial charge in [0, 0.05) is 25.1 Å².